The summed E-state index contributed by atoms with van der Waals surface area (Å²) in [6.07, 6.45) is 4.75. The number of rotatable bonds is 4. The largest absolute Gasteiger partial charge is 0.349 e. The topological polar surface area (TPSA) is 55.1 Å². The van der Waals surface area contributed by atoms with Crippen molar-refractivity contribution < 1.29 is 13.6 Å². The molecule has 0 unspecified atom stereocenters. The fourth-order valence-corrected chi connectivity index (χ4v) is 2.81. The Labute approximate surface area is 117 Å². The van der Waals surface area contributed by atoms with Crippen LogP contribution in [0.3, 0.4) is 0 Å². The third kappa shape index (κ3) is 3.33. The van der Waals surface area contributed by atoms with Crippen LogP contribution in [-0.2, 0) is 11.2 Å². The van der Waals surface area contributed by atoms with Crippen molar-refractivity contribution in [3.05, 3.63) is 35.4 Å². The Balaban J connectivity index is 2.03. The maximum atomic E-state index is 13.5. The van der Waals surface area contributed by atoms with E-state index in [1.54, 1.807) is 0 Å². The number of benzene rings is 1. The maximum Gasteiger partial charge on any atom is 0.225 e. The summed E-state index contributed by atoms with van der Waals surface area (Å²) in [7, 11) is 0. The molecule has 0 radical (unpaired) electrons. The first-order valence-electron chi connectivity index (χ1n) is 7.00. The van der Waals surface area contributed by atoms with Gasteiger partial charge in [-0.1, -0.05) is 31.4 Å². The highest BCUT2D eigenvalue weighted by molar-refractivity contribution is 5.79. The van der Waals surface area contributed by atoms with E-state index in [4.69, 9.17) is 5.73 Å². The number of amides is 1. The van der Waals surface area contributed by atoms with Crippen LogP contribution in [0.1, 0.15) is 37.7 Å². The van der Waals surface area contributed by atoms with Gasteiger partial charge in [-0.2, -0.15) is 0 Å². The van der Waals surface area contributed by atoms with E-state index in [1.807, 2.05) is 0 Å². The van der Waals surface area contributed by atoms with E-state index in [9.17, 15) is 13.6 Å². The van der Waals surface area contributed by atoms with Crippen LogP contribution in [0.2, 0.25) is 0 Å². The minimum absolute atomic E-state index is 0.0745. The minimum Gasteiger partial charge on any atom is -0.349 e. The molecule has 0 saturated heterocycles. The molecule has 0 heterocycles. The van der Waals surface area contributed by atoms with Gasteiger partial charge in [-0.15, -0.1) is 0 Å². The lowest BCUT2D eigenvalue weighted by molar-refractivity contribution is -0.122. The molecule has 0 spiro atoms. The van der Waals surface area contributed by atoms with Crippen molar-refractivity contribution in [2.24, 2.45) is 5.73 Å². The van der Waals surface area contributed by atoms with Gasteiger partial charge in [-0.3, -0.25) is 4.79 Å². The molecule has 1 amide bonds. The summed E-state index contributed by atoms with van der Waals surface area (Å²) in [4.78, 5) is 12.1. The first-order chi connectivity index (χ1) is 9.56. The van der Waals surface area contributed by atoms with Crippen molar-refractivity contribution in [1.29, 1.82) is 0 Å². The summed E-state index contributed by atoms with van der Waals surface area (Å²) in [5.41, 5.74) is 5.48. The zero-order valence-electron chi connectivity index (χ0n) is 11.4. The van der Waals surface area contributed by atoms with Gasteiger partial charge in [0.25, 0.3) is 0 Å². The first kappa shape index (κ1) is 14.9. The lowest BCUT2D eigenvalue weighted by Gasteiger charge is -2.37. The average molecular weight is 282 g/mol. The summed E-state index contributed by atoms with van der Waals surface area (Å²) in [5, 5.41) is 2.92. The summed E-state index contributed by atoms with van der Waals surface area (Å²) in [5.74, 6) is -2.18. The number of halogens is 2. The van der Waals surface area contributed by atoms with E-state index < -0.39 is 11.6 Å². The van der Waals surface area contributed by atoms with Gasteiger partial charge >= 0.3 is 0 Å². The number of carbonyl (C=O) groups excluding carboxylic acids is 1. The Morgan fingerprint density at radius 3 is 2.60 bits per heavy atom. The molecule has 1 saturated carbocycles. The van der Waals surface area contributed by atoms with E-state index >= 15 is 0 Å². The molecule has 1 aliphatic carbocycles. The van der Waals surface area contributed by atoms with Gasteiger partial charge in [0.2, 0.25) is 5.91 Å². The molecule has 3 nitrogen and oxygen atoms in total. The SMILES string of the molecule is NCC1(NC(=O)Cc2cccc(F)c2F)CCCCC1. The molecule has 1 aromatic carbocycles. The average Bonchev–Trinajstić information content (AvgIpc) is 2.45. The number of carbonyl (C=O) groups is 1. The fraction of sp³-hybridized carbons (Fsp3) is 0.533. The van der Waals surface area contributed by atoms with Gasteiger partial charge in [0.1, 0.15) is 0 Å². The van der Waals surface area contributed by atoms with Gasteiger partial charge in [-0.05, 0) is 18.9 Å². The van der Waals surface area contributed by atoms with E-state index in [2.05, 4.69) is 5.32 Å². The Hall–Kier alpha value is -1.49. The monoisotopic (exact) mass is 282 g/mol. The molecule has 2 rings (SSSR count). The van der Waals surface area contributed by atoms with Crippen molar-refractivity contribution >= 4 is 5.91 Å². The van der Waals surface area contributed by atoms with Gasteiger partial charge in [-0.25, -0.2) is 8.78 Å². The predicted molar refractivity (Wildman–Crippen MR) is 73.1 cm³/mol. The van der Waals surface area contributed by atoms with Crippen LogP contribution >= 0.6 is 0 Å². The second kappa shape index (κ2) is 6.31. The lowest BCUT2D eigenvalue weighted by atomic mass is 9.81. The van der Waals surface area contributed by atoms with Crippen LogP contribution in [0.4, 0.5) is 8.78 Å². The maximum absolute atomic E-state index is 13.5. The van der Waals surface area contributed by atoms with Crippen molar-refractivity contribution in [2.45, 2.75) is 44.1 Å². The second-order valence-corrected chi connectivity index (χ2v) is 5.48. The molecule has 0 aromatic heterocycles. The second-order valence-electron chi connectivity index (χ2n) is 5.48. The lowest BCUT2D eigenvalue weighted by Crippen LogP contribution is -2.55. The van der Waals surface area contributed by atoms with E-state index in [1.165, 1.54) is 12.1 Å². The molecule has 110 valence electrons. The fourth-order valence-electron chi connectivity index (χ4n) is 2.81. The van der Waals surface area contributed by atoms with Gasteiger partial charge in [0, 0.05) is 12.1 Å². The molecule has 0 bridgehead atoms. The number of nitrogens with two attached hydrogens (primary N) is 1. The van der Waals surface area contributed by atoms with Gasteiger partial charge < -0.3 is 11.1 Å². The smallest absolute Gasteiger partial charge is 0.225 e. The van der Waals surface area contributed by atoms with Crippen LogP contribution < -0.4 is 11.1 Å². The molecule has 1 aliphatic rings. The third-order valence-corrected chi connectivity index (χ3v) is 3.99. The van der Waals surface area contributed by atoms with E-state index in [0.29, 0.717) is 6.54 Å². The summed E-state index contributed by atoms with van der Waals surface area (Å²) < 4.78 is 26.6. The van der Waals surface area contributed by atoms with Crippen LogP contribution in [0.5, 0.6) is 0 Å². The molecule has 1 aromatic rings. The first-order valence-corrected chi connectivity index (χ1v) is 7.00. The Kier molecular flexibility index (Phi) is 4.70. The van der Waals surface area contributed by atoms with Crippen LogP contribution in [0.25, 0.3) is 0 Å². The zero-order chi connectivity index (χ0) is 14.6. The van der Waals surface area contributed by atoms with Crippen LogP contribution in [0, 0.1) is 11.6 Å². The number of hydrogen-bond acceptors (Lipinski definition) is 2. The van der Waals surface area contributed by atoms with Gasteiger partial charge in [0.15, 0.2) is 11.6 Å². The highest BCUT2D eigenvalue weighted by atomic mass is 19.2. The van der Waals surface area contributed by atoms with Crippen molar-refractivity contribution in [3.63, 3.8) is 0 Å². The molecule has 5 heteroatoms. The zero-order valence-corrected chi connectivity index (χ0v) is 11.4. The number of hydrogen-bond donors (Lipinski definition) is 2. The highest BCUT2D eigenvalue weighted by Crippen LogP contribution is 2.27. The summed E-state index contributed by atoms with van der Waals surface area (Å²) in [6.45, 7) is 0.379. The Bertz CT molecular complexity index is 485. The molecule has 0 atom stereocenters. The molecule has 20 heavy (non-hydrogen) atoms. The van der Waals surface area contributed by atoms with Crippen molar-refractivity contribution in [2.75, 3.05) is 6.54 Å². The normalized spacial score (nSPS) is 17.8. The predicted octanol–water partition coefficient (Wildman–Crippen LogP) is 2.29. The Morgan fingerprint density at radius 1 is 1.25 bits per heavy atom. The van der Waals surface area contributed by atoms with Crippen molar-refractivity contribution in [1.82, 2.24) is 5.32 Å². The molecule has 3 N–H and O–H groups in total. The quantitative estimate of drug-likeness (QED) is 0.890. The van der Waals surface area contributed by atoms with Crippen LogP contribution in [0.15, 0.2) is 18.2 Å². The van der Waals surface area contributed by atoms with Crippen molar-refractivity contribution in [3.8, 4) is 0 Å². The molecule has 1 fully saturated rings. The van der Waals surface area contributed by atoms with E-state index in [-0.39, 0.29) is 23.4 Å². The van der Waals surface area contributed by atoms with Gasteiger partial charge in [0.05, 0.1) is 12.0 Å². The highest BCUT2D eigenvalue weighted by Gasteiger charge is 2.32. The van der Waals surface area contributed by atoms with Crippen LogP contribution in [-0.4, -0.2) is 18.0 Å². The summed E-state index contributed by atoms with van der Waals surface area (Å²) in [6, 6.07) is 3.87. The summed E-state index contributed by atoms with van der Waals surface area (Å²) >= 11 is 0. The standard InChI is InChI=1S/C15H20F2N2O/c16-12-6-4-5-11(14(12)17)9-13(20)19-15(10-18)7-2-1-3-8-15/h4-6H,1-3,7-10,18H2,(H,19,20). The number of nitrogens with one attached hydrogen (secondary N) is 1. The molecular weight excluding hydrogens is 262 g/mol. The Morgan fingerprint density at radius 2 is 1.95 bits per heavy atom. The third-order valence-electron chi connectivity index (χ3n) is 3.99. The molecular formula is C15H20F2N2O. The molecule has 0 aliphatic heterocycles. The minimum atomic E-state index is -0.951. The van der Waals surface area contributed by atoms with E-state index in [0.717, 1.165) is 38.2 Å².